The lowest BCUT2D eigenvalue weighted by Crippen LogP contribution is -2.18. The number of halogens is 1. The monoisotopic (exact) mass is 226 g/mol. The highest BCUT2D eigenvalue weighted by molar-refractivity contribution is 6.21. The summed E-state index contributed by atoms with van der Waals surface area (Å²) in [4.78, 5) is 0. The van der Waals surface area contributed by atoms with E-state index < -0.39 is 0 Å². The summed E-state index contributed by atoms with van der Waals surface area (Å²) in [6, 6.07) is 0. The molecule has 0 nitrogen and oxygen atoms in total. The zero-order valence-corrected chi connectivity index (χ0v) is 10.8. The summed E-state index contributed by atoms with van der Waals surface area (Å²) in [5.74, 6) is 0.789. The third-order valence-corrected chi connectivity index (χ3v) is 4.42. The van der Waals surface area contributed by atoms with E-state index in [2.05, 4.69) is 19.9 Å². The molecule has 2 aliphatic rings. The molecule has 0 aromatic heterocycles. The molecule has 2 rings (SSSR count). The third kappa shape index (κ3) is 3.00. The average Bonchev–Trinajstić information content (AvgIpc) is 2.49. The zero-order chi connectivity index (χ0) is 10.9. The van der Waals surface area contributed by atoms with Crippen LogP contribution in [0.25, 0.3) is 0 Å². The van der Waals surface area contributed by atoms with E-state index in [4.69, 9.17) is 11.6 Å². The van der Waals surface area contributed by atoms with Gasteiger partial charge < -0.3 is 0 Å². The molecule has 2 unspecified atom stereocenters. The second-order valence-electron chi connectivity index (χ2n) is 6.08. The van der Waals surface area contributed by atoms with Gasteiger partial charge in [0.2, 0.25) is 0 Å². The summed E-state index contributed by atoms with van der Waals surface area (Å²) in [7, 11) is 0. The normalized spacial score (nSPS) is 35.3. The topological polar surface area (TPSA) is 0 Å². The van der Waals surface area contributed by atoms with Gasteiger partial charge in [-0.15, -0.1) is 11.6 Å². The Bertz CT molecular complexity index is 248. The second-order valence-corrected chi connectivity index (χ2v) is 6.64. The minimum atomic E-state index is 0.300. The molecule has 0 aromatic carbocycles. The fourth-order valence-corrected chi connectivity index (χ4v) is 3.87. The molecule has 0 bridgehead atoms. The molecular formula is C14H23Cl. The molecular weight excluding hydrogens is 204 g/mol. The molecule has 1 heteroatoms. The Morgan fingerprint density at radius 3 is 2.67 bits per heavy atom. The maximum absolute atomic E-state index is 6.26. The first-order valence-electron chi connectivity index (χ1n) is 6.41. The third-order valence-electron chi connectivity index (χ3n) is 4.12. The van der Waals surface area contributed by atoms with E-state index >= 15 is 0 Å². The van der Waals surface area contributed by atoms with E-state index in [-0.39, 0.29) is 0 Å². The quantitative estimate of drug-likeness (QED) is 0.463. The SMILES string of the molecule is CC1CC(CC2(C)CCCC2)=CC(Cl)C1. The molecule has 86 valence electrons. The highest BCUT2D eigenvalue weighted by atomic mass is 35.5. The van der Waals surface area contributed by atoms with Crippen LogP contribution in [-0.4, -0.2) is 5.38 Å². The van der Waals surface area contributed by atoms with Gasteiger partial charge in [-0.1, -0.05) is 38.3 Å². The number of alkyl halides is 1. The van der Waals surface area contributed by atoms with Crippen molar-refractivity contribution in [1.29, 1.82) is 0 Å². The Labute approximate surface area is 99.1 Å². The zero-order valence-electron chi connectivity index (χ0n) is 10.1. The maximum Gasteiger partial charge on any atom is 0.0521 e. The molecule has 0 aromatic rings. The van der Waals surface area contributed by atoms with Crippen LogP contribution in [0, 0.1) is 11.3 Å². The molecule has 1 fully saturated rings. The highest BCUT2D eigenvalue weighted by Crippen LogP contribution is 2.44. The molecule has 0 amide bonds. The Balaban J connectivity index is 1.98. The molecule has 0 N–H and O–H groups in total. The van der Waals surface area contributed by atoms with Crippen molar-refractivity contribution in [3.63, 3.8) is 0 Å². The molecule has 0 spiro atoms. The second kappa shape index (κ2) is 4.49. The van der Waals surface area contributed by atoms with Crippen molar-refractivity contribution in [2.45, 2.75) is 64.2 Å². The highest BCUT2D eigenvalue weighted by Gasteiger charge is 2.30. The molecule has 0 radical (unpaired) electrons. The van der Waals surface area contributed by atoms with Gasteiger partial charge in [0.15, 0.2) is 0 Å². The Morgan fingerprint density at radius 2 is 2.07 bits per heavy atom. The van der Waals surface area contributed by atoms with Crippen molar-refractivity contribution in [3.8, 4) is 0 Å². The summed E-state index contributed by atoms with van der Waals surface area (Å²) in [6.45, 7) is 4.79. The van der Waals surface area contributed by atoms with Crippen LogP contribution in [0.1, 0.15) is 58.8 Å². The predicted molar refractivity (Wildman–Crippen MR) is 67.3 cm³/mol. The van der Waals surface area contributed by atoms with E-state index in [0.29, 0.717) is 10.8 Å². The Kier molecular flexibility index (Phi) is 3.45. The van der Waals surface area contributed by atoms with Crippen molar-refractivity contribution in [3.05, 3.63) is 11.6 Å². The van der Waals surface area contributed by atoms with Crippen LogP contribution in [0.4, 0.5) is 0 Å². The largest absolute Gasteiger partial charge is 0.118 e. The summed E-state index contributed by atoms with van der Waals surface area (Å²) in [6.07, 6.45) is 11.8. The van der Waals surface area contributed by atoms with Crippen LogP contribution in [0.5, 0.6) is 0 Å². The van der Waals surface area contributed by atoms with Gasteiger partial charge >= 0.3 is 0 Å². The van der Waals surface area contributed by atoms with Crippen molar-refractivity contribution >= 4 is 11.6 Å². The molecule has 0 aliphatic heterocycles. The first kappa shape index (κ1) is 11.5. The Hall–Kier alpha value is 0.0300. The van der Waals surface area contributed by atoms with E-state index in [1.165, 1.54) is 44.9 Å². The standard InChI is InChI=1S/C14H23Cl/c1-11-7-12(9-13(15)8-11)10-14(2)5-3-4-6-14/h9,11,13H,3-8,10H2,1-2H3. The number of hydrogen-bond donors (Lipinski definition) is 0. The Morgan fingerprint density at radius 1 is 1.40 bits per heavy atom. The van der Waals surface area contributed by atoms with Crippen LogP contribution in [0.3, 0.4) is 0 Å². The summed E-state index contributed by atoms with van der Waals surface area (Å²) >= 11 is 6.26. The van der Waals surface area contributed by atoms with Crippen LogP contribution in [0.2, 0.25) is 0 Å². The van der Waals surface area contributed by atoms with Gasteiger partial charge in [0, 0.05) is 0 Å². The van der Waals surface area contributed by atoms with Crippen LogP contribution < -0.4 is 0 Å². The number of rotatable bonds is 2. The van der Waals surface area contributed by atoms with Crippen LogP contribution >= 0.6 is 11.6 Å². The van der Waals surface area contributed by atoms with Gasteiger partial charge in [0.25, 0.3) is 0 Å². The van der Waals surface area contributed by atoms with Gasteiger partial charge in [-0.3, -0.25) is 0 Å². The van der Waals surface area contributed by atoms with Crippen LogP contribution in [-0.2, 0) is 0 Å². The van der Waals surface area contributed by atoms with Crippen molar-refractivity contribution in [2.75, 3.05) is 0 Å². The van der Waals surface area contributed by atoms with Gasteiger partial charge in [-0.25, -0.2) is 0 Å². The van der Waals surface area contributed by atoms with E-state index in [1.807, 2.05) is 0 Å². The molecule has 1 saturated carbocycles. The lowest BCUT2D eigenvalue weighted by Gasteiger charge is -2.29. The smallest absolute Gasteiger partial charge is 0.0521 e. The molecule has 2 atom stereocenters. The summed E-state index contributed by atoms with van der Waals surface area (Å²) in [5, 5.41) is 0.300. The fraction of sp³-hybridized carbons (Fsp3) is 0.857. The van der Waals surface area contributed by atoms with Gasteiger partial charge in [-0.2, -0.15) is 0 Å². The van der Waals surface area contributed by atoms with Gasteiger partial charge in [-0.05, 0) is 43.4 Å². The number of allylic oxidation sites excluding steroid dienone is 2. The molecule has 15 heavy (non-hydrogen) atoms. The lowest BCUT2D eigenvalue weighted by atomic mass is 9.77. The molecule has 2 aliphatic carbocycles. The van der Waals surface area contributed by atoms with Gasteiger partial charge in [0.05, 0.1) is 5.38 Å². The van der Waals surface area contributed by atoms with Gasteiger partial charge in [0.1, 0.15) is 0 Å². The van der Waals surface area contributed by atoms with Crippen LogP contribution in [0.15, 0.2) is 11.6 Å². The van der Waals surface area contributed by atoms with E-state index in [0.717, 1.165) is 5.92 Å². The van der Waals surface area contributed by atoms with Crippen molar-refractivity contribution in [1.82, 2.24) is 0 Å². The lowest BCUT2D eigenvalue weighted by molar-refractivity contribution is 0.320. The van der Waals surface area contributed by atoms with E-state index in [9.17, 15) is 0 Å². The first-order chi connectivity index (χ1) is 7.07. The van der Waals surface area contributed by atoms with E-state index in [1.54, 1.807) is 5.57 Å². The maximum atomic E-state index is 6.26. The first-order valence-corrected chi connectivity index (χ1v) is 6.85. The van der Waals surface area contributed by atoms with Crippen molar-refractivity contribution < 1.29 is 0 Å². The molecule has 0 heterocycles. The molecule has 0 saturated heterocycles. The van der Waals surface area contributed by atoms with Crippen molar-refractivity contribution in [2.24, 2.45) is 11.3 Å². The summed E-state index contributed by atoms with van der Waals surface area (Å²) < 4.78 is 0. The fourth-order valence-electron chi connectivity index (χ4n) is 3.39. The number of hydrogen-bond acceptors (Lipinski definition) is 0. The minimum absolute atomic E-state index is 0.300. The summed E-state index contributed by atoms with van der Waals surface area (Å²) in [5.41, 5.74) is 2.23. The predicted octanol–water partition coefficient (Wildman–Crippen LogP) is 4.92. The minimum Gasteiger partial charge on any atom is -0.118 e. The average molecular weight is 227 g/mol.